The van der Waals surface area contributed by atoms with E-state index in [1.54, 1.807) is 12.1 Å². The highest BCUT2D eigenvalue weighted by molar-refractivity contribution is 6.22. The Morgan fingerprint density at radius 1 is 0.786 bits per heavy atom. The van der Waals surface area contributed by atoms with E-state index in [1.165, 1.54) is 9.70 Å². The van der Waals surface area contributed by atoms with Crippen molar-refractivity contribution in [3.8, 4) is 11.4 Å². The molecule has 0 unspecified atom stereocenters. The normalized spacial score (nSPS) is 14.2. The summed E-state index contributed by atoms with van der Waals surface area (Å²) >= 11 is 0. The molecule has 0 aliphatic carbocycles. The summed E-state index contributed by atoms with van der Waals surface area (Å²) < 4.78 is 0. The number of nitrogens with zero attached hydrogens (tertiary/aromatic N) is 4. The lowest BCUT2D eigenvalue weighted by atomic mass is 9.70. The van der Waals surface area contributed by atoms with E-state index in [-0.39, 0.29) is 28.4 Å². The van der Waals surface area contributed by atoms with Gasteiger partial charge in [0.05, 0.1) is 11.1 Å². The van der Waals surface area contributed by atoms with Crippen LogP contribution in [0.2, 0.25) is 0 Å². The molecule has 1 aliphatic heterocycles. The Hall–Kier alpha value is -4.00. The smallest absolute Gasteiger partial charge is 0.261 e. The largest absolute Gasteiger partial charge is 0.505 e. The van der Waals surface area contributed by atoms with Crippen molar-refractivity contribution in [2.75, 3.05) is 6.54 Å². The molecule has 2 amide bonds. The van der Waals surface area contributed by atoms with Gasteiger partial charge in [-0.1, -0.05) is 98.2 Å². The second-order valence-electron chi connectivity index (χ2n) is 14.0. The molecule has 0 atom stereocenters. The predicted octanol–water partition coefficient (Wildman–Crippen LogP) is 7.56. The van der Waals surface area contributed by atoms with Crippen LogP contribution in [0, 0.1) is 5.41 Å². The van der Waals surface area contributed by atoms with Crippen molar-refractivity contribution in [2.45, 2.75) is 85.5 Å². The summed E-state index contributed by atoms with van der Waals surface area (Å²) in [6.07, 6.45) is 2.58. The summed E-state index contributed by atoms with van der Waals surface area (Å²) in [5.41, 5.74) is 4.46. The third-order valence-corrected chi connectivity index (χ3v) is 8.43. The molecule has 0 bridgehead atoms. The van der Waals surface area contributed by atoms with Crippen molar-refractivity contribution in [2.24, 2.45) is 5.41 Å². The van der Waals surface area contributed by atoms with Gasteiger partial charge in [-0.25, -0.2) is 0 Å². The highest BCUT2D eigenvalue weighted by Crippen LogP contribution is 2.45. The number of rotatable bonds is 8. The summed E-state index contributed by atoms with van der Waals surface area (Å²) in [6.45, 7) is 17.8. The zero-order valence-corrected chi connectivity index (χ0v) is 26.1. The summed E-state index contributed by atoms with van der Waals surface area (Å²) in [4.78, 5) is 28.9. The molecule has 220 valence electrons. The minimum atomic E-state index is -0.511. The molecule has 0 saturated carbocycles. The first-order valence-electron chi connectivity index (χ1n) is 14.9. The molecule has 5 rings (SSSR count). The molecule has 3 aromatic carbocycles. The fourth-order valence-corrected chi connectivity index (χ4v) is 6.40. The first-order valence-corrected chi connectivity index (χ1v) is 14.9. The minimum Gasteiger partial charge on any atom is -0.505 e. The maximum atomic E-state index is 13.1. The third-order valence-electron chi connectivity index (χ3n) is 8.43. The SMILES string of the molecule is CCCCN1C(=O)c2cc3nn(-c4cc(C(C)(C)CC(C)(C)C)cc(C(C)(C)c5ccccc5)c4O)nc3cc2C1=O. The average Bonchev–Trinajstić information content (AvgIpc) is 3.43. The molecule has 7 heteroatoms. The van der Waals surface area contributed by atoms with E-state index in [0.717, 1.165) is 36.0 Å². The minimum absolute atomic E-state index is 0.0833. The Morgan fingerprint density at radius 3 is 1.88 bits per heavy atom. The first-order chi connectivity index (χ1) is 19.6. The molecule has 1 aliphatic rings. The highest BCUT2D eigenvalue weighted by atomic mass is 16.3. The number of fused-ring (bicyclic) bond motifs is 2. The van der Waals surface area contributed by atoms with Crippen molar-refractivity contribution in [3.05, 3.63) is 82.4 Å². The summed E-state index contributed by atoms with van der Waals surface area (Å²) in [6, 6.07) is 17.6. The van der Waals surface area contributed by atoms with Crippen molar-refractivity contribution >= 4 is 22.8 Å². The number of hydrogen-bond donors (Lipinski definition) is 1. The van der Waals surface area contributed by atoms with Crippen LogP contribution in [0.3, 0.4) is 0 Å². The van der Waals surface area contributed by atoms with E-state index in [2.05, 4.69) is 66.7 Å². The number of aromatic nitrogens is 3. The van der Waals surface area contributed by atoms with Gasteiger partial charge in [0, 0.05) is 17.5 Å². The second kappa shape index (κ2) is 10.4. The Kier molecular flexibility index (Phi) is 7.28. The Bertz CT molecular complexity index is 1620. The standard InChI is InChI=1S/C35H42N4O3/c1-9-10-16-38-31(41)24-19-27-28(20-25(24)32(38)42)37-39(36-27)29-18-23(34(5,6)21-33(2,3)4)17-26(30(29)40)35(7,8)22-14-12-11-13-15-22/h11-15,17-20,40H,9-10,16,21H2,1-8H3. The van der Waals surface area contributed by atoms with Gasteiger partial charge in [0.2, 0.25) is 0 Å². The molecule has 0 spiro atoms. The van der Waals surface area contributed by atoms with Crippen LogP contribution < -0.4 is 0 Å². The Morgan fingerprint density at radius 2 is 1.36 bits per heavy atom. The molecule has 1 aromatic heterocycles. The molecule has 0 radical (unpaired) electrons. The van der Waals surface area contributed by atoms with Gasteiger partial charge in [-0.3, -0.25) is 14.5 Å². The number of carbonyl (C=O) groups excluding carboxylic acids is 2. The number of carbonyl (C=O) groups is 2. The number of phenolic OH excluding ortho intramolecular Hbond substituents is 1. The molecule has 42 heavy (non-hydrogen) atoms. The highest BCUT2D eigenvalue weighted by Gasteiger charge is 2.37. The van der Waals surface area contributed by atoms with E-state index < -0.39 is 5.41 Å². The number of imide groups is 1. The van der Waals surface area contributed by atoms with Gasteiger partial charge in [0.1, 0.15) is 22.5 Å². The van der Waals surface area contributed by atoms with E-state index in [4.69, 9.17) is 10.2 Å². The first kappa shape index (κ1) is 29.5. The Balaban J connectivity index is 1.67. The lowest BCUT2D eigenvalue weighted by Crippen LogP contribution is -2.30. The summed E-state index contributed by atoms with van der Waals surface area (Å²) in [5, 5.41) is 21.3. The van der Waals surface area contributed by atoms with Gasteiger partial charge < -0.3 is 5.11 Å². The van der Waals surface area contributed by atoms with Gasteiger partial charge in [-0.05, 0) is 53.0 Å². The quantitative estimate of drug-likeness (QED) is 0.222. The van der Waals surface area contributed by atoms with Gasteiger partial charge in [0.25, 0.3) is 11.8 Å². The fourth-order valence-electron chi connectivity index (χ4n) is 6.40. The van der Waals surface area contributed by atoms with Crippen molar-refractivity contribution in [1.82, 2.24) is 19.9 Å². The maximum absolute atomic E-state index is 13.1. The van der Waals surface area contributed by atoms with E-state index in [0.29, 0.717) is 34.4 Å². The zero-order valence-electron chi connectivity index (χ0n) is 26.1. The molecule has 0 fully saturated rings. The summed E-state index contributed by atoms with van der Waals surface area (Å²) in [7, 11) is 0. The Labute approximate surface area is 248 Å². The average molecular weight is 567 g/mol. The number of phenols is 1. The lowest BCUT2D eigenvalue weighted by molar-refractivity contribution is 0.0652. The topological polar surface area (TPSA) is 88.3 Å². The van der Waals surface area contributed by atoms with Crippen molar-refractivity contribution in [3.63, 3.8) is 0 Å². The van der Waals surface area contributed by atoms with Crippen LogP contribution in [0.5, 0.6) is 5.75 Å². The van der Waals surface area contributed by atoms with Crippen molar-refractivity contribution in [1.29, 1.82) is 0 Å². The predicted molar refractivity (Wildman–Crippen MR) is 166 cm³/mol. The third kappa shape index (κ3) is 5.21. The van der Waals surface area contributed by atoms with Gasteiger partial charge in [-0.15, -0.1) is 15.0 Å². The monoisotopic (exact) mass is 566 g/mol. The number of benzene rings is 3. The van der Waals surface area contributed by atoms with Gasteiger partial charge in [0.15, 0.2) is 0 Å². The van der Waals surface area contributed by atoms with E-state index >= 15 is 0 Å². The van der Waals surface area contributed by atoms with Crippen LogP contribution in [0.25, 0.3) is 16.7 Å². The molecular formula is C35H42N4O3. The molecule has 4 aromatic rings. The number of aromatic hydroxyl groups is 1. The second-order valence-corrected chi connectivity index (χ2v) is 14.0. The van der Waals surface area contributed by atoms with Crippen molar-refractivity contribution < 1.29 is 14.7 Å². The molecule has 1 N–H and O–H groups in total. The molecule has 7 nitrogen and oxygen atoms in total. The lowest BCUT2D eigenvalue weighted by Gasteiger charge is -2.35. The van der Waals surface area contributed by atoms with Crippen LogP contribution in [-0.2, 0) is 10.8 Å². The van der Waals surface area contributed by atoms with Crippen LogP contribution in [-0.4, -0.2) is 43.4 Å². The number of hydrogen-bond acceptors (Lipinski definition) is 5. The number of amides is 2. The van der Waals surface area contributed by atoms with Crippen LogP contribution in [0.15, 0.2) is 54.6 Å². The summed E-state index contributed by atoms with van der Waals surface area (Å²) in [5.74, 6) is -0.481. The molecule has 2 heterocycles. The number of unbranched alkanes of at least 4 members (excludes halogenated alkanes) is 1. The molecule has 0 saturated heterocycles. The van der Waals surface area contributed by atoms with Crippen LogP contribution in [0.1, 0.15) is 112 Å². The van der Waals surface area contributed by atoms with E-state index in [1.807, 2.05) is 31.2 Å². The fraction of sp³-hybridized carbons (Fsp3) is 0.429. The van der Waals surface area contributed by atoms with Gasteiger partial charge >= 0.3 is 0 Å². The maximum Gasteiger partial charge on any atom is 0.261 e. The molecular weight excluding hydrogens is 524 g/mol. The van der Waals surface area contributed by atoms with Crippen LogP contribution >= 0.6 is 0 Å². The van der Waals surface area contributed by atoms with Crippen LogP contribution in [0.4, 0.5) is 0 Å². The van der Waals surface area contributed by atoms with Gasteiger partial charge in [-0.2, -0.15) is 0 Å². The van der Waals surface area contributed by atoms with E-state index in [9.17, 15) is 14.7 Å². The zero-order chi connectivity index (χ0) is 30.6.